The number of benzene rings is 1. The van der Waals surface area contributed by atoms with Gasteiger partial charge in [-0.1, -0.05) is 6.07 Å². The van der Waals surface area contributed by atoms with Crippen molar-refractivity contribution in [2.45, 2.75) is 39.2 Å². The van der Waals surface area contributed by atoms with Crippen molar-refractivity contribution in [1.82, 2.24) is 19.4 Å². The molecule has 1 saturated heterocycles. The highest BCUT2D eigenvalue weighted by molar-refractivity contribution is 5.82. The maximum atomic E-state index is 12.5. The first-order valence-corrected chi connectivity index (χ1v) is 9.34. The molecule has 1 N–H and O–H groups in total. The van der Waals surface area contributed by atoms with Crippen LogP contribution in [-0.2, 0) is 13.6 Å². The molecule has 1 fully saturated rings. The van der Waals surface area contributed by atoms with Crippen LogP contribution in [0.5, 0.6) is 0 Å². The summed E-state index contributed by atoms with van der Waals surface area (Å²) in [7, 11) is 2.07. The molecule has 5 heteroatoms. The second kappa shape index (κ2) is 6.72. The van der Waals surface area contributed by atoms with Gasteiger partial charge in [0.25, 0.3) is 0 Å². The summed E-state index contributed by atoms with van der Waals surface area (Å²) in [5.41, 5.74) is 4.35. The number of pyridine rings is 1. The standard InChI is InChI=1S/C21H26N4O/c1-14-10-15(2)20-18(11-14)19(26)12-17(23-20)13-25-7-4-16(5-8-25)21-22-6-9-24(21)3/h6,9-12,16H,4-5,7-8,13H2,1-3H3,(H,23,26). The Morgan fingerprint density at radius 2 is 1.96 bits per heavy atom. The maximum absolute atomic E-state index is 12.5. The molecule has 3 heterocycles. The smallest absolute Gasteiger partial charge is 0.189 e. The number of likely N-dealkylation sites (tertiary alicyclic amines) is 1. The summed E-state index contributed by atoms with van der Waals surface area (Å²) in [6.07, 6.45) is 6.12. The Labute approximate surface area is 153 Å². The van der Waals surface area contributed by atoms with Gasteiger partial charge in [-0.25, -0.2) is 4.98 Å². The predicted octanol–water partition coefficient (Wildman–Crippen LogP) is 3.26. The number of piperidine rings is 1. The van der Waals surface area contributed by atoms with E-state index in [2.05, 4.69) is 39.5 Å². The van der Waals surface area contributed by atoms with Crippen molar-refractivity contribution < 1.29 is 0 Å². The SMILES string of the molecule is Cc1cc(C)c2[nH]c(CN3CCC(c4nccn4C)CC3)cc(=O)c2c1. The average molecular weight is 350 g/mol. The van der Waals surface area contributed by atoms with E-state index in [9.17, 15) is 4.79 Å². The minimum absolute atomic E-state index is 0.114. The largest absolute Gasteiger partial charge is 0.357 e. The van der Waals surface area contributed by atoms with E-state index in [0.717, 1.165) is 60.2 Å². The van der Waals surface area contributed by atoms with Gasteiger partial charge in [-0.3, -0.25) is 9.69 Å². The molecule has 0 spiro atoms. The van der Waals surface area contributed by atoms with Crippen molar-refractivity contribution in [1.29, 1.82) is 0 Å². The van der Waals surface area contributed by atoms with E-state index in [1.54, 1.807) is 6.07 Å². The van der Waals surface area contributed by atoms with Crippen LogP contribution in [0, 0.1) is 13.8 Å². The van der Waals surface area contributed by atoms with Gasteiger partial charge >= 0.3 is 0 Å². The summed E-state index contributed by atoms with van der Waals surface area (Å²) in [6, 6.07) is 5.87. The number of aryl methyl sites for hydroxylation is 3. The lowest BCUT2D eigenvalue weighted by Gasteiger charge is -2.31. The number of H-pyrrole nitrogens is 1. The number of imidazole rings is 1. The Bertz CT molecular complexity index is 993. The number of hydrogen-bond donors (Lipinski definition) is 1. The molecule has 0 radical (unpaired) electrons. The van der Waals surface area contributed by atoms with Crippen LogP contribution in [0.15, 0.2) is 35.4 Å². The molecule has 1 aliphatic rings. The van der Waals surface area contributed by atoms with Crippen molar-refractivity contribution in [3.05, 3.63) is 63.5 Å². The molecule has 3 aromatic rings. The third-order valence-electron chi connectivity index (χ3n) is 5.54. The summed E-state index contributed by atoms with van der Waals surface area (Å²) in [6.45, 7) is 6.96. The highest BCUT2D eigenvalue weighted by Crippen LogP contribution is 2.27. The zero-order valence-corrected chi connectivity index (χ0v) is 15.7. The van der Waals surface area contributed by atoms with Gasteiger partial charge in [0.05, 0.1) is 5.52 Å². The molecule has 0 saturated carbocycles. The number of fused-ring (bicyclic) bond motifs is 1. The molecule has 26 heavy (non-hydrogen) atoms. The molecule has 0 unspecified atom stereocenters. The van der Waals surface area contributed by atoms with Crippen LogP contribution in [0.1, 0.15) is 41.4 Å². The minimum atomic E-state index is 0.114. The van der Waals surface area contributed by atoms with Crippen molar-refractivity contribution in [3.63, 3.8) is 0 Å². The summed E-state index contributed by atoms with van der Waals surface area (Å²) in [5, 5.41) is 0.791. The predicted molar refractivity (Wildman–Crippen MR) is 105 cm³/mol. The van der Waals surface area contributed by atoms with E-state index in [0.29, 0.717) is 5.92 Å². The summed E-state index contributed by atoms with van der Waals surface area (Å²) in [5.74, 6) is 1.72. The molecule has 5 nitrogen and oxygen atoms in total. The first-order valence-electron chi connectivity index (χ1n) is 9.34. The monoisotopic (exact) mass is 350 g/mol. The highest BCUT2D eigenvalue weighted by Gasteiger charge is 2.23. The molecule has 136 valence electrons. The second-order valence-electron chi connectivity index (χ2n) is 7.61. The molecule has 0 aliphatic carbocycles. The Balaban J connectivity index is 1.50. The Kier molecular flexibility index (Phi) is 4.41. The van der Waals surface area contributed by atoms with Crippen LogP contribution < -0.4 is 5.43 Å². The Morgan fingerprint density at radius 3 is 2.65 bits per heavy atom. The van der Waals surface area contributed by atoms with E-state index >= 15 is 0 Å². The lowest BCUT2D eigenvalue weighted by Crippen LogP contribution is -2.33. The van der Waals surface area contributed by atoms with Gasteiger partial charge in [-0.15, -0.1) is 0 Å². The van der Waals surface area contributed by atoms with Gasteiger partial charge in [0.1, 0.15) is 5.82 Å². The third-order valence-corrected chi connectivity index (χ3v) is 5.54. The number of aromatic nitrogens is 3. The highest BCUT2D eigenvalue weighted by atomic mass is 16.1. The molecule has 2 aromatic heterocycles. The van der Waals surface area contributed by atoms with Crippen LogP contribution in [0.25, 0.3) is 10.9 Å². The number of nitrogens with zero attached hydrogens (tertiary/aromatic N) is 3. The molecular weight excluding hydrogens is 324 g/mol. The van der Waals surface area contributed by atoms with E-state index in [1.165, 1.54) is 5.82 Å². The lowest BCUT2D eigenvalue weighted by molar-refractivity contribution is 0.198. The van der Waals surface area contributed by atoms with Crippen molar-refractivity contribution in [3.8, 4) is 0 Å². The zero-order chi connectivity index (χ0) is 18.3. The van der Waals surface area contributed by atoms with Crippen molar-refractivity contribution in [2.75, 3.05) is 13.1 Å². The number of hydrogen-bond acceptors (Lipinski definition) is 3. The van der Waals surface area contributed by atoms with Crippen LogP contribution in [-0.4, -0.2) is 32.5 Å². The Morgan fingerprint density at radius 1 is 1.19 bits per heavy atom. The van der Waals surface area contributed by atoms with E-state index < -0.39 is 0 Å². The van der Waals surface area contributed by atoms with Crippen molar-refractivity contribution in [2.24, 2.45) is 7.05 Å². The van der Waals surface area contributed by atoms with E-state index in [-0.39, 0.29) is 5.43 Å². The van der Waals surface area contributed by atoms with Gasteiger partial charge in [0.2, 0.25) is 0 Å². The fourth-order valence-corrected chi connectivity index (χ4v) is 4.21. The topological polar surface area (TPSA) is 53.9 Å². The summed E-state index contributed by atoms with van der Waals surface area (Å²) < 4.78 is 2.13. The molecule has 4 rings (SSSR count). The van der Waals surface area contributed by atoms with Gasteiger partial charge < -0.3 is 9.55 Å². The van der Waals surface area contributed by atoms with Gasteiger partial charge in [-0.2, -0.15) is 0 Å². The first-order chi connectivity index (χ1) is 12.5. The van der Waals surface area contributed by atoms with Crippen LogP contribution in [0.2, 0.25) is 0 Å². The Hall–Kier alpha value is -2.40. The second-order valence-corrected chi connectivity index (χ2v) is 7.61. The van der Waals surface area contributed by atoms with Crippen LogP contribution >= 0.6 is 0 Å². The minimum Gasteiger partial charge on any atom is -0.357 e. The molecule has 0 atom stereocenters. The van der Waals surface area contributed by atoms with E-state index in [4.69, 9.17) is 0 Å². The maximum Gasteiger partial charge on any atom is 0.189 e. The third kappa shape index (κ3) is 3.19. The van der Waals surface area contributed by atoms with Gasteiger partial charge in [-0.05, 0) is 57.0 Å². The van der Waals surface area contributed by atoms with Gasteiger partial charge in [0, 0.05) is 49.1 Å². The molecule has 0 amide bonds. The summed E-state index contributed by atoms with van der Waals surface area (Å²) >= 11 is 0. The van der Waals surface area contributed by atoms with Crippen LogP contribution in [0.4, 0.5) is 0 Å². The quantitative estimate of drug-likeness (QED) is 0.789. The molecule has 0 bridgehead atoms. The normalized spacial score (nSPS) is 16.4. The number of rotatable bonds is 3. The van der Waals surface area contributed by atoms with Crippen molar-refractivity contribution >= 4 is 10.9 Å². The average Bonchev–Trinajstić information content (AvgIpc) is 3.03. The molecule has 1 aromatic carbocycles. The van der Waals surface area contributed by atoms with Gasteiger partial charge in [0.15, 0.2) is 5.43 Å². The first kappa shape index (κ1) is 17.0. The lowest BCUT2D eigenvalue weighted by atomic mass is 9.96. The number of aromatic amines is 1. The number of nitrogens with one attached hydrogen (secondary N) is 1. The molecule has 1 aliphatic heterocycles. The fraction of sp³-hybridized carbons (Fsp3) is 0.429. The van der Waals surface area contributed by atoms with E-state index in [1.807, 2.05) is 25.4 Å². The summed E-state index contributed by atoms with van der Waals surface area (Å²) in [4.78, 5) is 23.0. The molecular formula is C21H26N4O. The fourth-order valence-electron chi connectivity index (χ4n) is 4.21. The van der Waals surface area contributed by atoms with Crippen LogP contribution in [0.3, 0.4) is 0 Å². The zero-order valence-electron chi connectivity index (χ0n) is 15.7.